The maximum Gasteiger partial charge on any atom is 0.226 e. The van der Waals surface area contributed by atoms with Crippen LogP contribution in [0.1, 0.15) is 38.8 Å². The minimum absolute atomic E-state index is 0.282. The van der Waals surface area contributed by atoms with Gasteiger partial charge in [0, 0.05) is 42.9 Å². The van der Waals surface area contributed by atoms with Gasteiger partial charge in [0.25, 0.3) is 0 Å². The van der Waals surface area contributed by atoms with Crippen molar-refractivity contribution in [2.24, 2.45) is 0 Å². The Morgan fingerprint density at radius 1 is 1.31 bits per heavy atom. The Labute approximate surface area is 173 Å². The third-order valence-corrected chi connectivity index (χ3v) is 6.07. The molecule has 1 fully saturated rings. The van der Waals surface area contributed by atoms with Crippen LogP contribution < -0.4 is 10.6 Å². The van der Waals surface area contributed by atoms with Gasteiger partial charge in [-0.1, -0.05) is 0 Å². The lowest BCUT2D eigenvalue weighted by molar-refractivity contribution is 0.0990. The molecule has 1 aliphatic heterocycles. The molecule has 0 aliphatic carbocycles. The number of nitrogens with zero attached hydrogens (tertiary/aromatic N) is 6. The summed E-state index contributed by atoms with van der Waals surface area (Å²) < 4.78 is 0. The second kappa shape index (κ2) is 8.31. The zero-order valence-electron chi connectivity index (χ0n) is 16.8. The highest BCUT2D eigenvalue weighted by Crippen LogP contribution is 2.29. The number of fused-ring (bicyclic) bond motifs is 1. The monoisotopic (exact) mass is 411 g/mol. The summed E-state index contributed by atoms with van der Waals surface area (Å²) in [6, 6.07) is 5.27. The van der Waals surface area contributed by atoms with Gasteiger partial charge in [-0.3, -0.25) is 10.00 Å². The zero-order valence-corrected chi connectivity index (χ0v) is 17.6. The van der Waals surface area contributed by atoms with Gasteiger partial charge in [0.15, 0.2) is 16.5 Å². The van der Waals surface area contributed by atoms with E-state index >= 15 is 0 Å². The normalized spacial score (nSPS) is 22.5. The van der Waals surface area contributed by atoms with E-state index in [4.69, 9.17) is 10.2 Å². The standard InChI is InChI=1S/C19H25N9S/c1-11-7-15(27-26-11)23-17-16-18(29-10-21-16)25-19(24-17)22-14-8-12(2)28(6-4-5-20)13(3)9-14/h7,10,12-14H,4,6,8-9H2,1-3H3,(H3,22,23,24,25,26,27). The molecule has 3 N–H and O–H groups in total. The van der Waals surface area contributed by atoms with Crippen molar-refractivity contribution >= 4 is 39.3 Å². The molecular formula is C19H25N9S. The number of hydrogen-bond acceptors (Lipinski definition) is 9. The molecular weight excluding hydrogens is 386 g/mol. The minimum atomic E-state index is 0.282. The van der Waals surface area contributed by atoms with Crippen LogP contribution in [-0.2, 0) is 0 Å². The minimum Gasteiger partial charge on any atom is -0.351 e. The average molecular weight is 412 g/mol. The summed E-state index contributed by atoms with van der Waals surface area (Å²) in [5.74, 6) is 1.96. The van der Waals surface area contributed by atoms with Crippen molar-refractivity contribution in [1.29, 1.82) is 5.26 Å². The van der Waals surface area contributed by atoms with E-state index in [1.54, 1.807) is 5.51 Å². The summed E-state index contributed by atoms with van der Waals surface area (Å²) in [5, 5.41) is 22.8. The van der Waals surface area contributed by atoms with Gasteiger partial charge < -0.3 is 10.6 Å². The van der Waals surface area contributed by atoms with Crippen LogP contribution >= 0.6 is 11.3 Å². The molecule has 4 rings (SSSR count). The fourth-order valence-electron chi connectivity index (χ4n) is 4.06. The number of H-pyrrole nitrogens is 1. The van der Waals surface area contributed by atoms with Crippen molar-refractivity contribution in [3.8, 4) is 6.07 Å². The van der Waals surface area contributed by atoms with Gasteiger partial charge in [-0.15, -0.1) is 11.3 Å². The molecule has 0 radical (unpaired) electrons. The maximum atomic E-state index is 8.90. The Morgan fingerprint density at radius 3 is 2.79 bits per heavy atom. The van der Waals surface area contributed by atoms with Crippen molar-refractivity contribution < 1.29 is 0 Å². The molecule has 1 aliphatic rings. The second-order valence-electron chi connectivity index (χ2n) is 7.62. The van der Waals surface area contributed by atoms with Gasteiger partial charge in [-0.05, 0) is 33.6 Å². The van der Waals surface area contributed by atoms with Crippen LogP contribution in [-0.4, -0.2) is 54.7 Å². The molecule has 152 valence electrons. The lowest BCUT2D eigenvalue weighted by Gasteiger charge is -2.42. The molecule has 4 heterocycles. The van der Waals surface area contributed by atoms with E-state index in [1.807, 2.05) is 13.0 Å². The van der Waals surface area contributed by atoms with Gasteiger partial charge in [0.2, 0.25) is 5.95 Å². The first-order valence-corrected chi connectivity index (χ1v) is 10.7. The fourth-order valence-corrected chi connectivity index (χ4v) is 4.72. The highest BCUT2D eigenvalue weighted by Gasteiger charge is 2.31. The zero-order chi connectivity index (χ0) is 20.4. The highest BCUT2D eigenvalue weighted by atomic mass is 32.1. The Kier molecular flexibility index (Phi) is 5.60. The topological polar surface area (TPSA) is 118 Å². The van der Waals surface area contributed by atoms with Gasteiger partial charge in [-0.2, -0.15) is 15.3 Å². The molecule has 9 nitrogen and oxygen atoms in total. The second-order valence-corrected chi connectivity index (χ2v) is 8.45. The van der Waals surface area contributed by atoms with E-state index in [9.17, 15) is 0 Å². The summed E-state index contributed by atoms with van der Waals surface area (Å²) in [7, 11) is 0. The van der Waals surface area contributed by atoms with Crippen LogP contribution in [0.15, 0.2) is 11.6 Å². The van der Waals surface area contributed by atoms with E-state index in [1.165, 1.54) is 11.3 Å². The van der Waals surface area contributed by atoms with Crippen molar-refractivity contribution in [3.63, 3.8) is 0 Å². The molecule has 3 aromatic rings. The van der Waals surface area contributed by atoms with Gasteiger partial charge in [0.05, 0.1) is 11.6 Å². The van der Waals surface area contributed by atoms with Crippen LogP contribution in [0.3, 0.4) is 0 Å². The smallest absolute Gasteiger partial charge is 0.226 e. The molecule has 10 heteroatoms. The number of aromatic nitrogens is 5. The predicted octanol–water partition coefficient (Wildman–Crippen LogP) is 3.43. The maximum absolute atomic E-state index is 8.90. The predicted molar refractivity (Wildman–Crippen MR) is 114 cm³/mol. The lowest BCUT2D eigenvalue weighted by Crippen LogP contribution is -2.50. The van der Waals surface area contributed by atoms with E-state index in [0.717, 1.165) is 35.4 Å². The fraction of sp³-hybridized carbons (Fsp3) is 0.526. The Balaban J connectivity index is 1.52. The SMILES string of the molecule is Cc1cc(Nc2nc(NC3CC(C)N(CCC#N)C(C)C3)nc3scnc23)n[nH]1. The number of nitrogens with one attached hydrogen (secondary N) is 3. The van der Waals surface area contributed by atoms with Crippen molar-refractivity contribution in [3.05, 3.63) is 17.3 Å². The number of rotatable bonds is 6. The van der Waals surface area contributed by atoms with Crippen LogP contribution in [0, 0.1) is 18.3 Å². The lowest BCUT2D eigenvalue weighted by atomic mass is 9.92. The third-order valence-electron chi connectivity index (χ3n) is 5.35. The molecule has 0 amide bonds. The number of likely N-dealkylation sites (tertiary alicyclic amines) is 1. The summed E-state index contributed by atoms with van der Waals surface area (Å²) in [5.41, 5.74) is 3.50. The van der Waals surface area contributed by atoms with Crippen LogP contribution in [0.5, 0.6) is 0 Å². The number of anilines is 3. The number of hydrogen-bond donors (Lipinski definition) is 3. The molecule has 0 bridgehead atoms. The van der Waals surface area contributed by atoms with Crippen molar-refractivity contribution in [2.45, 2.75) is 58.2 Å². The Morgan fingerprint density at radius 2 is 2.10 bits per heavy atom. The molecule has 2 unspecified atom stereocenters. The molecule has 2 atom stereocenters. The molecule has 0 spiro atoms. The number of aryl methyl sites for hydroxylation is 1. The summed E-state index contributed by atoms with van der Waals surface area (Å²) in [6.45, 7) is 7.23. The first-order chi connectivity index (χ1) is 14.0. The Hall–Kier alpha value is -2.77. The summed E-state index contributed by atoms with van der Waals surface area (Å²) in [6.07, 6.45) is 2.54. The third kappa shape index (κ3) is 4.31. The molecule has 1 saturated heterocycles. The highest BCUT2D eigenvalue weighted by molar-refractivity contribution is 7.16. The first kappa shape index (κ1) is 19.5. The van der Waals surface area contributed by atoms with Crippen molar-refractivity contribution in [1.82, 2.24) is 30.0 Å². The van der Waals surface area contributed by atoms with Gasteiger partial charge in [-0.25, -0.2) is 9.97 Å². The molecule has 3 aromatic heterocycles. The van der Waals surface area contributed by atoms with Crippen molar-refractivity contribution in [2.75, 3.05) is 17.2 Å². The van der Waals surface area contributed by atoms with E-state index in [-0.39, 0.29) is 6.04 Å². The average Bonchev–Trinajstić information content (AvgIpc) is 3.30. The van der Waals surface area contributed by atoms with E-state index < -0.39 is 0 Å². The molecule has 29 heavy (non-hydrogen) atoms. The van der Waals surface area contributed by atoms with Gasteiger partial charge in [0.1, 0.15) is 5.52 Å². The number of piperidine rings is 1. The van der Waals surface area contributed by atoms with Crippen LogP contribution in [0.25, 0.3) is 10.3 Å². The number of thiazole rings is 1. The summed E-state index contributed by atoms with van der Waals surface area (Å²) >= 11 is 1.49. The van der Waals surface area contributed by atoms with E-state index in [0.29, 0.717) is 36.1 Å². The van der Waals surface area contributed by atoms with Crippen LogP contribution in [0.2, 0.25) is 0 Å². The summed E-state index contributed by atoms with van der Waals surface area (Å²) in [4.78, 5) is 17.0. The Bertz CT molecular complexity index is 1010. The largest absolute Gasteiger partial charge is 0.351 e. The van der Waals surface area contributed by atoms with Gasteiger partial charge >= 0.3 is 0 Å². The number of nitriles is 1. The van der Waals surface area contributed by atoms with Crippen LogP contribution in [0.4, 0.5) is 17.6 Å². The molecule has 0 aromatic carbocycles. The molecule has 0 saturated carbocycles. The van der Waals surface area contributed by atoms with E-state index in [2.05, 4.69) is 55.6 Å². The quantitative estimate of drug-likeness (QED) is 0.564. The first-order valence-electron chi connectivity index (χ1n) is 9.83. The number of aromatic amines is 1.